The number of fused-ring (bicyclic) bond motifs is 1. The summed E-state index contributed by atoms with van der Waals surface area (Å²) in [7, 11) is 0. The lowest BCUT2D eigenvalue weighted by molar-refractivity contribution is -0.137. The fraction of sp³-hybridized carbons (Fsp3) is 0.250. The fourth-order valence-electron chi connectivity index (χ4n) is 3.32. The third-order valence-electron chi connectivity index (χ3n) is 4.69. The molecule has 1 aromatic heterocycles. The van der Waals surface area contributed by atoms with Crippen LogP contribution in [0.3, 0.4) is 0 Å². The van der Waals surface area contributed by atoms with Gasteiger partial charge in [-0.05, 0) is 55.7 Å². The average Bonchev–Trinajstić information content (AvgIpc) is 2.83. The maximum Gasteiger partial charge on any atom is 0.416 e. The molecule has 0 amide bonds. The molecule has 0 unspecified atom stereocenters. The van der Waals surface area contributed by atoms with E-state index in [1.54, 1.807) is 4.68 Å². The third-order valence-corrected chi connectivity index (χ3v) is 4.94. The van der Waals surface area contributed by atoms with Gasteiger partial charge in [-0.1, -0.05) is 23.7 Å². The number of hydrogen-bond acceptors (Lipinski definition) is 2. The predicted octanol–water partition coefficient (Wildman–Crippen LogP) is 5.96. The molecule has 0 radical (unpaired) electrons. The molecule has 3 aromatic rings. The number of aromatic nitrogens is 2. The van der Waals surface area contributed by atoms with Crippen molar-refractivity contribution in [3.05, 3.63) is 64.7 Å². The highest BCUT2D eigenvalue weighted by Gasteiger charge is 2.30. The summed E-state index contributed by atoms with van der Waals surface area (Å²) in [5.74, 6) is 0.845. The molecule has 27 heavy (non-hydrogen) atoms. The molecular weight excluding hydrogens is 375 g/mol. The van der Waals surface area contributed by atoms with Gasteiger partial charge in [0, 0.05) is 22.7 Å². The molecule has 0 aliphatic carbocycles. The van der Waals surface area contributed by atoms with E-state index < -0.39 is 11.7 Å². The second kappa shape index (κ2) is 6.93. The number of hydrogen-bond donors (Lipinski definition) is 1. The number of alkyl halides is 3. The van der Waals surface area contributed by atoms with Gasteiger partial charge in [-0.15, -0.1) is 0 Å². The fourth-order valence-corrected chi connectivity index (χ4v) is 3.45. The first kappa shape index (κ1) is 17.9. The topological polar surface area (TPSA) is 29.9 Å². The van der Waals surface area contributed by atoms with E-state index in [4.69, 9.17) is 16.7 Å². The molecule has 2 aromatic carbocycles. The van der Waals surface area contributed by atoms with Crippen LogP contribution in [0, 0.1) is 0 Å². The Kier molecular flexibility index (Phi) is 4.60. The summed E-state index contributed by atoms with van der Waals surface area (Å²) in [5.41, 5.74) is 2.76. The Morgan fingerprint density at radius 3 is 2.33 bits per heavy atom. The summed E-state index contributed by atoms with van der Waals surface area (Å²) in [6.45, 7) is 0.805. The van der Waals surface area contributed by atoms with Gasteiger partial charge >= 0.3 is 6.18 Å². The van der Waals surface area contributed by atoms with E-state index in [9.17, 15) is 13.2 Å². The molecule has 140 valence electrons. The van der Waals surface area contributed by atoms with Crippen LogP contribution in [0.1, 0.15) is 24.0 Å². The van der Waals surface area contributed by atoms with Crippen LogP contribution in [0.25, 0.3) is 16.9 Å². The molecule has 4 rings (SSSR count). The van der Waals surface area contributed by atoms with Gasteiger partial charge in [0.25, 0.3) is 0 Å². The van der Waals surface area contributed by atoms with Crippen molar-refractivity contribution >= 4 is 17.4 Å². The molecule has 0 bridgehead atoms. The van der Waals surface area contributed by atoms with Crippen molar-refractivity contribution in [3.63, 3.8) is 0 Å². The van der Waals surface area contributed by atoms with Gasteiger partial charge in [-0.3, -0.25) is 0 Å². The molecule has 0 fully saturated rings. The molecule has 0 spiro atoms. The average molecular weight is 392 g/mol. The highest BCUT2D eigenvalue weighted by atomic mass is 35.5. The van der Waals surface area contributed by atoms with E-state index >= 15 is 0 Å². The van der Waals surface area contributed by atoms with Crippen LogP contribution in [-0.4, -0.2) is 16.3 Å². The van der Waals surface area contributed by atoms with Gasteiger partial charge < -0.3 is 5.32 Å². The van der Waals surface area contributed by atoms with Crippen LogP contribution in [0.5, 0.6) is 0 Å². The summed E-state index contributed by atoms with van der Waals surface area (Å²) in [4.78, 5) is 0. The van der Waals surface area contributed by atoms with Crippen molar-refractivity contribution in [2.75, 3.05) is 11.9 Å². The van der Waals surface area contributed by atoms with Gasteiger partial charge in [0.15, 0.2) is 0 Å². The van der Waals surface area contributed by atoms with Crippen molar-refractivity contribution in [1.82, 2.24) is 9.78 Å². The number of nitrogens with one attached hydrogen (secondary N) is 1. The molecule has 1 aliphatic heterocycles. The van der Waals surface area contributed by atoms with Crippen molar-refractivity contribution < 1.29 is 13.2 Å². The quantitative estimate of drug-likeness (QED) is 0.584. The van der Waals surface area contributed by atoms with Crippen LogP contribution in [0.2, 0.25) is 5.02 Å². The summed E-state index contributed by atoms with van der Waals surface area (Å²) >= 11 is 5.99. The zero-order valence-electron chi connectivity index (χ0n) is 14.4. The smallest absolute Gasteiger partial charge is 0.370 e. The molecule has 0 atom stereocenters. The minimum Gasteiger partial charge on any atom is -0.370 e. The highest BCUT2D eigenvalue weighted by Crippen LogP contribution is 2.35. The van der Waals surface area contributed by atoms with Crippen molar-refractivity contribution in [3.8, 4) is 16.9 Å². The summed E-state index contributed by atoms with van der Waals surface area (Å²) < 4.78 is 40.3. The lowest BCUT2D eigenvalue weighted by atomic mass is 10.0. The lowest BCUT2D eigenvalue weighted by Crippen LogP contribution is -2.08. The van der Waals surface area contributed by atoms with Crippen molar-refractivity contribution in [2.45, 2.75) is 25.4 Å². The van der Waals surface area contributed by atoms with Crippen LogP contribution >= 0.6 is 11.6 Å². The number of rotatable bonds is 2. The second-order valence-electron chi connectivity index (χ2n) is 6.52. The Labute approximate surface area is 159 Å². The monoisotopic (exact) mass is 391 g/mol. The first-order chi connectivity index (χ1) is 12.9. The number of nitrogens with zero attached hydrogens (tertiary/aromatic N) is 2. The van der Waals surface area contributed by atoms with E-state index in [1.165, 1.54) is 12.1 Å². The highest BCUT2D eigenvalue weighted by molar-refractivity contribution is 6.30. The SMILES string of the molecule is FC(F)(F)c1ccc(-n2nc(-c3ccc(Cl)cc3)c3c2NCCCC3)cc1. The van der Waals surface area contributed by atoms with Gasteiger partial charge in [0.2, 0.25) is 0 Å². The normalized spacial score (nSPS) is 14.4. The summed E-state index contributed by atoms with van der Waals surface area (Å²) in [6.07, 6.45) is -1.44. The first-order valence-corrected chi connectivity index (χ1v) is 9.10. The number of anilines is 1. The van der Waals surface area contributed by atoms with E-state index in [0.29, 0.717) is 10.7 Å². The van der Waals surface area contributed by atoms with Crippen LogP contribution < -0.4 is 5.32 Å². The van der Waals surface area contributed by atoms with E-state index in [2.05, 4.69) is 5.32 Å². The third kappa shape index (κ3) is 3.54. The Morgan fingerprint density at radius 1 is 0.963 bits per heavy atom. The Hall–Kier alpha value is -2.47. The Balaban J connectivity index is 1.82. The zero-order chi connectivity index (χ0) is 19.0. The van der Waals surface area contributed by atoms with E-state index in [1.807, 2.05) is 24.3 Å². The molecule has 3 nitrogen and oxygen atoms in total. The largest absolute Gasteiger partial charge is 0.416 e. The molecule has 0 saturated heterocycles. The minimum absolute atomic E-state index is 0.592. The Bertz CT molecular complexity index is 944. The van der Waals surface area contributed by atoms with E-state index in [-0.39, 0.29) is 0 Å². The standard InChI is InChI=1S/C20H17ClF3N3/c21-15-8-4-13(5-9-15)18-17-3-1-2-12-25-19(17)27(26-18)16-10-6-14(7-11-16)20(22,23)24/h4-11,25H,1-3,12H2. The maximum atomic E-state index is 12.9. The minimum atomic E-state index is -4.35. The summed E-state index contributed by atoms with van der Waals surface area (Å²) in [6, 6.07) is 12.5. The molecule has 1 N–H and O–H groups in total. The van der Waals surface area contributed by atoms with Gasteiger partial charge in [-0.25, -0.2) is 4.68 Å². The van der Waals surface area contributed by atoms with E-state index in [0.717, 1.165) is 60.6 Å². The molecule has 1 aliphatic rings. The van der Waals surface area contributed by atoms with Crippen molar-refractivity contribution in [1.29, 1.82) is 0 Å². The molecule has 7 heteroatoms. The van der Waals surface area contributed by atoms with Gasteiger partial charge in [0.05, 0.1) is 16.9 Å². The first-order valence-electron chi connectivity index (χ1n) is 8.73. The molecular formula is C20H17ClF3N3. The Morgan fingerprint density at radius 2 is 1.67 bits per heavy atom. The molecule has 0 saturated carbocycles. The predicted molar refractivity (Wildman–Crippen MR) is 100 cm³/mol. The van der Waals surface area contributed by atoms with Crippen LogP contribution in [0.15, 0.2) is 48.5 Å². The lowest BCUT2D eigenvalue weighted by Gasteiger charge is -2.11. The van der Waals surface area contributed by atoms with Crippen LogP contribution in [-0.2, 0) is 12.6 Å². The van der Waals surface area contributed by atoms with Crippen molar-refractivity contribution in [2.24, 2.45) is 0 Å². The van der Waals surface area contributed by atoms with Gasteiger partial charge in [0.1, 0.15) is 5.82 Å². The van der Waals surface area contributed by atoms with Gasteiger partial charge in [-0.2, -0.15) is 18.3 Å². The number of halogens is 4. The van der Waals surface area contributed by atoms with Crippen LogP contribution in [0.4, 0.5) is 19.0 Å². The maximum absolute atomic E-state index is 12.9. The summed E-state index contributed by atoms with van der Waals surface area (Å²) in [5, 5.41) is 8.76. The second-order valence-corrected chi connectivity index (χ2v) is 6.96. The number of benzene rings is 2. The molecule has 2 heterocycles. The zero-order valence-corrected chi connectivity index (χ0v) is 15.1.